The third-order valence-corrected chi connectivity index (χ3v) is 5.97. The van der Waals surface area contributed by atoms with E-state index < -0.39 is 5.91 Å². The summed E-state index contributed by atoms with van der Waals surface area (Å²) in [6.45, 7) is 1.98. The van der Waals surface area contributed by atoms with Gasteiger partial charge in [0.1, 0.15) is 0 Å². The molecule has 4 aromatic rings. The Morgan fingerprint density at radius 1 is 0.966 bits per heavy atom. The molecule has 0 saturated carbocycles. The topological polar surface area (TPSA) is 67.8 Å². The van der Waals surface area contributed by atoms with Gasteiger partial charge in [0.2, 0.25) is 0 Å². The Morgan fingerprint density at radius 3 is 2.38 bits per heavy atom. The van der Waals surface area contributed by atoms with Gasteiger partial charge in [0.25, 0.3) is 5.91 Å². The van der Waals surface area contributed by atoms with E-state index in [4.69, 9.17) is 23.2 Å². The predicted octanol–water partition coefficient (Wildman–Crippen LogP) is 6.04. The van der Waals surface area contributed by atoms with Crippen LogP contribution in [0.3, 0.4) is 0 Å². The fourth-order valence-corrected chi connectivity index (χ4v) is 4.33. The Morgan fingerprint density at radius 2 is 1.66 bits per heavy atom. The lowest BCUT2D eigenvalue weighted by Crippen LogP contribution is -2.13. The average molecular weight is 441 g/mol. The zero-order valence-corrected chi connectivity index (χ0v) is 17.5. The van der Waals surface area contributed by atoms with Gasteiger partial charge in [-0.2, -0.15) is 0 Å². The quantitative estimate of drug-likeness (QED) is 0.391. The SMILES string of the molecule is Cc1cnc2c(NC(=O)c3c(Cl)cccc3Cl)cccc2c1Sc1ncccn1. The molecular weight excluding hydrogens is 427 g/mol. The third-order valence-electron chi connectivity index (χ3n) is 4.20. The lowest BCUT2D eigenvalue weighted by molar-refractivity contribution is 0.102. The van der Waals surface area contributed by atoms with Crippen LogP contribution in [0.2, 0.25) is 10.0 Å². The molecule has 0 unspecified atom stereocenters. The number of carbonyl (C=O) groups is 1. The summed E-state index contributed by atoms with van der Waals surface area (Å²) in [5, 5.41) is 4.99. The first-order chi connectivity index (χ1) is 14.0. The highest BCUT2D eigenvalue weighted by molar-refractivity contribution is 7.99. The molecule has 4 rings (SSSR count). The molecule has 2 heterocycles. The van der Waals surface area contributed by atoms with Crippen molar-refractivity contribution in [1.29, 1.82) is 0 Å². The number of benzene rings is 2. The Kier molecular flexibility index (Phi) is 5.67. The average Bonchev–Trinajstić information content (AvgIpc) is 2.71. The summed E-state index contributed by atoms with van der Waals surface area (Å²) in [5.74, 6) is -0.393. The number of nitrogens with zero attached hydrogens (tertiary/aromatic N) is 3. The molecule has 0 spiro atoms. The van der Waals surface area contributed by atoms with Crippen LogP contribution in [-0.2, 0) is 0 Å². The molecule has 1 amide bonds. The molecule has 0 radical (unpaired) electrons. The number of amides is 1. The molecule has 0 saturated heterocycles. The van der Waals surface area contributed by atoms with Crippen molar-refractivity contribution in [2.24, 2.45) is 0 Å². The Bertz CT molecular complexity index is 1200. The van der Waals surface area contributed by atoms with Crippen LogP contribution in [0, 0.1) is 6.92 Å². The molecule has 1 N–H and O–H groups in total. The first-order valence-electron chi connectivity index (χ1n) is 8.63. The van der Waals surface area contributed by atoms with E-state index >= 15 is 0 Å². The number of aryl methyl sites for hydroxylation is 1. The number of carbonyl (C=O) groups excluding carboxylic acids is 1. The summed E-state index contributed by atoms with van der Waals surface area (Å²) >= 11 is 13.8. The van der Waals surface area contributed by atoms with Crippen LogP contribution in [0.25, 0.3) is 10.9 Å². The Hall–Kier alpha value is -2.67. The van der Waals surface area contributed by atoms with Crippen LogP contribution in [0.15, 0.2) is 71.1 Å². The van der Waals surface area contributed by atoms with E-state index in [1.54, 1.807) is 48.9 Å². The van der Waals surface area contributed by atoms with Gasteiger partial charge in [0, 0.05) is 28.9 Å². The maximum Gasteiger partial charge on any atom is 0.258 e. The van der Waals surface area contributed by atoms with Crippen molar-refractivity contribution < 1.29 is 4.79 Å². The Balaban J connectivity index is 1.75. The van der Waals surface area contributed by atoms with E-state index in [0.717, 1.165) is 15.8 Å². The number of pyridine rings is 1. The van der Waals surface area contributed by atoms with Gasteiger partial charge in [-0.25, -0.2) is 9.97 Å². The van der Waals surface area contributed by atoms with E-state index in [1.165, 1.54) is 11.8 Å². The van der Waals surface area contributed by atoms with Crippen LogP contribution in [0.1, 0.15) is 15.9 Å². The van der Waals surface area contributed by atoms with Gasteiger partial charge in [-0.15, -0.1) is 0 Å². The second-order valence-corrected chi connectivity index (χ2v) is 7.95. The molecular formula is C21H14Cl2N4OS. The van der Waals surface area contributed by atoms with Crippen LogP contribution < -0.4 is 5.32 Å². The van der Waals surface area contributed by atoms with Gasteiger partial charge in [0.15, 0.2) is 5.16 Å². The molecule has 29 heavy (non-hydrogen) atoms. The van der Waals surface area contributed by atoms with Gasteiger partial charge in [-0.3, -0.25) is 9.78 Å². The van der Waals surface area contributed by atoms with Gasteiger partial charge >= 0.3 is 0 Å². The van der Waals surface area contributed by atoms with Crippen molar-refractivity contribution in [2.45, 2.75) is 17.0 Å². The lowest BCUT2D eigenvalue weighted by atomic mass is 10.1. The highest BCUT2D eigenvalue weighted by atomic mass is 35.5. The number of nitrogens with one attached hydrogen (secondary N) is 1. The molecule has 0 fully saturated rings. The van der Waals surface area contributed by atoms with Crippen molar-refractivity contribution in [1.82, 2.24) is 15.0 Å². The van der Waals surface area contributed by atoms with Crippen molar-refractivity contribution in [3.8, 4) is 0 Å². The normalized spacial score (nSPS) is 10.9. The van der Waals surface area contributed by atoms with E-state index in [9.17, 15) is 4.79 Å². The molecule has 0 aliphatic rings. The fraction of sp³-hybridized carbons (Fsp3) is 0.0476. The van der Waals surface area contributed by atoms with Crippen LogP contribution >= 0.6 is 35.0 Å². The second kappa shape index (κ2) is 8.37. The minimum Gasteiger partial charge on any atom is -0.320 e. The van der Waals surface area contributed by atoms with Crippen molar-refractivity contribution in [3.63, 3.8) is 0 Å². The summed E-state index contributed by atoms with van der Waals surface area (Å²) in [4.78, 5) is 26.9. The molecule has 2 aromatic carbocycles. The fourth-order valence-electron chi connectivity index (χ4n) is 2.86. The van der Waals surface area contributed by atoms with Crippen LogP contribution in [-0.4, -0.2) is 20.9 Å². The molecule has 0 aliphatic carbocycles. The highest BCUT2D eigenvalue weighted by Gasteiger charge is 2.17. The minimum atomic E-state index is -0.393. The molecule has 0 aliphatic heterocycles. The first kappa shape index (κ1) is 19.6. The maximum absolute atomic E-state index is 12.8. The van der Waals surface area contributed by atoms with Gasteiger partial charge in [-0.1, -0.05) is 41.4 Å². The van der Waals surface area contributed by atoms with Gasteiger partial charge in [0.05, 0.1) is 26.8 Å². The number of fused-ring (bicyclic) bond motifs is 1. The molecule has 5 nitrogen and oxygen atoms in total. The number of para-hydroxylation sites is 1. The second-order valence-electron chi connectivity index (χ2n) is 6.16. The van der Waals surface area contributed by atoms with Gasteiger partial charge in [-0.05, 0) is 48.5 Å². The lowest BCUT2D eigenvalue weighted by Gasteiger charge is -2.13. The van der Waals surface area contributed by atoms with E-state index in [2.05, 4.69) is 20.3 Å². The minimum absolute atomic E-state index is 0.229. The number of anilines is 1. The number of hydrogen-bond donors (Lipinski definition) is 1. The first-order valence-corrected chi connectivity index (χ1v) is 10.2. The third kappa shape index (κ3) is 4.05. The zero-order chi connectivity index (χ0) is 20.4. The summed E-state index contributed by atoms with van der Waals surface area (Å²) in [7, 11) is 0. The summed E-state index contributed by atoms with van der Waals surface area (Å²) < 4.78 is 0. The standard InChI is InChI=1S/C21H14Cl2N4OS/c1-12-11-26-18-13(19(12)29-21-24-9-4-10-25-21)5-2-8-16(18)27-20(28)17-14(22)6-3-7-15(17)23/h2-11H,1H3,(H,27,28). The van der Waals surface area contributed by atoms with Crippen LogP contribution in [0.5, 0.6) is 0 Å². The highest BCUT2D eigenvalue weighted by Crippen LogP contribution is 2.36. The molecule has 144 valence electrons. The van der Waals surface area contributed by atoms with E-state index in [-0.39, 0.29) is 15.6 Å². The van der Waals surface area contributed by atoms with Crippen molar-refractivity contribution >= 4 is 57.5 Å². The molecule has 2 aromatic heterocycles. The van der Waals surface area contributed by atoms with Crippen molar-refractivity contribution in [3.05, 3.63) is 82.2 Å². The zero-order valence-electron chi connectivity index (χ0n) is 15.2. The number of aromatic nitrogens is 3. The van der Waals surface area contributed by atoms with E-state index in [0.29, 0.717) is 16.4 Å². The smallest absolute Gasteiger partial charge is 0.258 e. The number of hydrogen-bond acceptors (Lipinski definition) is 5. The van der Waals surface area contributed by atoms with E-state index in [1.807, 2.05) is 19.1 Å². The molecule has 0 atom stereocenters. The maximum atomic E-state index is 12.8. The number of rotatable bonds is 4. The summed E-state index contributed by atoms with van der Waals surface area (Å²) in [6, 6.07) is 12.3. The van der Waals surface area contributed by atoms with Gasteiger partial charge < -0.3 is 5.32 Å². The summed E-state index contributed by atoms with van der Waals surface area (Å²) in [5.41, 5.74) is 2.45. The number of halogens is 2. The summed E-state index contributed by atoms with van der Waals surface area (Å²) in [6.07, 6.45) is 5.17. The monoisotopic (exact) mass is 440 g/mol. The molecule has 8 heteroatoms. The largest absolute Gasteiger partial charge is 0.320 e. The van der Waals surface area contributed by atoms with Crippen molar-refractivity contribution in [2.75, 3.05) is 5.32 Å². The Labute approximate surface area is 181 Å². The molecule has 0 bridgehead atoms. The predicted molar refractivity (Wildman–Crippen MR) is 117 cm³/mol. The van der Waals surface area contributed by atoms with Crippen LogP contribution in [0.4, 0.5) is 5.69 Å².